The van der Waals surface area contributed by atoms with Gasteiger partial charge in [-0.3, -0.25) is 9.69 Å². The molecule has 1 N–H and O–H groups in total. The second-order valence-corrected chi connectivity index (χ2v) is 9.32. The van der Waals surface area contributed by atoms with Gasteiger partial charge in [0.15, 0.2) is 0 Å². The number of nitrogens with zero attached hydrogens (tertiary/aromatic N) is 2. The minimum absolute atomic E-state index is 0.279. The van der Waals surface area contributed by atoms with Gasteiger partial charge in [0.2, 0.25) is 5.91 Å². The molecule has 6 nitrogen and oxygen atoms in total. The molecule has 1 amide bonds. The molecule has 2 fully saturated rings. The van der Waals surface area contributed by atoms with Gasteiger partial charge >= 0.3 is 0 Å². The quantitative estimate of drug-likeness (QED) is 0.555. The molecule has 33 heavy (non-hydrogen) atoms. The molecular formula is C27H36N2O4. The Hall–Kier alpha value is -2.57. The maximum atomic E-state index is 11.9. The average molecular weight is 453 g/mol. The zero-order valence-corrected chi connectivity index (χ0v) is 19.5. The Morgan fingerprint density at radius 2 is 1.70 bits per heavy atom. The van der Waals surface area contributed by atoms with Crippen LogP contribution < -0.4 is 9.47 Å². The highest BCUT2D eigenvalue weighted by Crippen LogP contribution is 2.25. The summed E-state index contributed by atoms with van der Waals surface area (Å²) in [7, 11) is 0. The van der Waals surface area contributed by atoms with Crippen LogP contribution in [0.1, 0.15) is 44.1 Å². The van der Waals surface area contributed by atoms with Crippen LogP contribution >= 0.6 is 0 Å². The Labute approximate surface area is 197 Å². The van der Waals surface area contributed by atoms with Crippen LogP contribution in [0.2, 0.25) is 0 Å². The Bertz CT molecular complexity index is 873. The maximum Gasteiger partial charge on any atom is 0.222 e. The molecule has 2 aliphatic rings. The van der Waals surface area contributed by atoms with Gasteiger partial charge in [-0.1, -0.05) is 30.3 Å². The summed E-state index contributed by atoms with van der Waals surface area (Å²) >= 11 is 0. The predicted molar refractivity (Wildman–Crippen MR) is 128 cm³/mol. The minimum Gasteiger partial charge on any atom is -0.494 e. The third kappa shape index (κ3) is 7.21. The van der Waals surface area contributed by atoms with E-state index in [2.05, 4.69) is 17.0 Å². The molecule has 2 saturated heterocycles. The van der Waals surface area contributed by atoms with Crippen molar-refractivity contribution in [2.75, 3.05) is 39.4 Å². The van der Waals surface area contributed by atoms with E-state index < -0.39 is 5.60 Å². The molecule has 0 bridgehead atoms. The zero-order chi connectivity index (χ0) is 22.9. The van der Waals surface area contributed by atoms with Crippen molar-refractivity contribution in [2.45, 2.75) is 50.7 Å². The molecular weight excluding hydrogens is 416 g/mol. The van der Waals surface area contributed by atoms with Crippen LogP contribution in [0.15, 0.2) is 54.6 Å². The molecule has 0 saturated carbocycles. The van der Waals surface area contributed by atoms with Crippen molar-refractivity contribution in [2.24, 2.45) is 0 Å². The summed E-state index contributed by atoms with van der Waals surface area (Å²) in [5.74, 6) is 1.93. The van der Waals surface area contributed by atoms with Crippen molar-refractivity contribution in [3.8, 4) is 11.5 Å². The molecule has 0 aliphatic carbocycles. The number of aliphatic hydroxyl groups is 1. The number of benzene rings is 2. The average Bonchev–Trinajstić information content (AvgIpc) is 2.83. The molecule has 0 radical (unpaired) electrons. The number of likely N-dealkylation sites (tertiary alicyclic amines) is 2. The molecule has 1 atom stereocenters. The number of hydrogen-bond donors (Lipinski definition) is 1. The van der Waals surface area contributed by atoms with Crippen molar-refractivity contribution < 1.29 is 19.4 Å². The highest BCUT2D eigenvalue weighted by atomic mass is 16.5. The molecule has 1 unspecified atom stereocenters. The Morgan fingerprint density at radius 3 is 2.48 bits per heavy atom. The molecule has 0 spiro atoms. The van der Waals surface area contributed by atoms with Gasteiger partial charge in [0, 0.05) is 32.6 Å². The van der Waals surface area contributed by atoms with Gasteiger partial charge in [0.25, 0.3) is 0 Å². The number of ether oxygens (including phenoxy) is 2. The van der Waals surface area contributed by atoms with E-state index in [4.69, 9.17) is 9.47 Å². The van der Waals surface area contributed by atoms with Gasteiger partial charge in [-0.2, -0.15) is 0 Å². The first kappa shape index (κ1) is 23.6. The second kappa shape index (κ2) is 11.5. The van der Waals surface area contributed by atoms with E-state index in [-0.39, 0.29) is 5.91 Å². The third-order valence-corrected chi connectivity index (χ3v) is 6.48. The minimum atomic E-state index is -0.827. The van der Waals surface area contributed by atoms with Crippen molar-refractivity contribution in [1.29, 1.82) is 0 Å². The van der Waals surface area contributed by atoms with Crippen LogP contribution in [0.25, 0.3) is 0 Å². The van der Waals surface area contributed by atoms with Gasteiger partial charge in [0.05, 0.1) is 6.61 Å². The fourth-order valence-electron chi connectivity index (χ4n) is 4.69. The van der Waals surface area contributed by atoms with Crippen LogP contribution in [-0.2, 0) is 11.3 Å². The van der Waals surface area contributed by atoms with Crippen molar-refractivity contribution in [3.05, 3.63) is 60.2 Å². The Kier molecular flexibility index (Phi) is 8.24. The standard InChI is InChI=1S/C27H36N2O4/c30-26-10-4-5-17-29(26)18-7-19-32-25-13-11-23(12-14-25)20-28-16-6-15-27(31,21-28)22-33-24-8-2-1-3-9-24/h1-3,8-9,11-14,31H,4-7,10,15-22H2. The smallest absolute Gasteiger partial charge is 0.222 e. The van der Waals surface area contributed by atoms with E-state index in [1.54, 1.807) is 0 Å². The molecule has 2 aliphatic heterocycles. The molecule has 0 aromatic heterocycles. The first-order valence-electron chi connectivity index (χ1n) is 12.2. The number of carbonyl (C=O) groups is 1. The lowest BCUT2D eigenvalue weighted by Crippen LogP contribution is -2.51. The predicted octanol–water partition coefficient (Wildman–Crippen LogP) is 3.87. The maximum absolute atomic E-state index is 11.9. The number of carbonyl (C=O) groups excluding carboxylic acids is 1. The summed E-state index contributed by atoms with van der Waals surface area (Å²) in [4.78, 5) is 16.1. The van der Waals surface area contributed by atoms with E-state index in [0.29, 0.717) is 26.2 Å². The molecule has 6 heteroatoms. The fraction of sp³-hybridized carbons (Fsp3) is 0.519. The Morgan fingerprint density at radius 1 is 0.909 bits per heavy atom. The van der Waals surface area contributed by atoms with Gasteiger partial charge in [0.1, 0.15) is 23.7 Å². The Balaban J connectivity index is 1.19. The first-order chi connectivity index (χ1) is 16.1. The lowest BCUT2D eigenvalue weighted by molar-refractivity contribution is -0.133. The lowest BCUT2D eigenvalue weighted by Gasteiger charge is -2.39. The van der Waals surface area contributed by atoms with E-state index in [1.165, 1.54) is 5.56 Å². The number of rotatable bonds is 10. The van der Waals surface area contributed by atoms with Gasteiger partial charge in [-0.25, -0.2) is 0 Å². The lowest BCUT2D eigenvalue weighted by atomic mass is 9.93. The van der Waals surface area contributed by atoms with Crippen LogP contribution in [0.4, 0.5) is 0 Å². The number of amides is 1. The van der Waals surface area contributed by atoms with Crippen LogP contribution in [0.3, 0.4) is 0 Å². The topological polar surface area (TPSA) is 62.2 Å². The van der Waals surface area contributed by atoms with Crippen LogP contribution in [0.5, 0.6) is 11.5 Å². The van der Waals surface area contributed by atoms with Crippen LogP contribution in [-0.4, -0.2) is 65.8 Å². The molecule has 2 aromatic carbocycles. The number of hydrogen-bond acceptors (Lipinski definition) is 5. The molecule has 2 heterocycles. The summed E-state index contributed by atoms with van der Waals surface area (Å²) in [5, 5.41) is 11.0. The summed E-state index contributed by atoms with van der Waals surface area (Å²) in [6.07, 6.45) is 5.39. The van der Waals surface area contributed by atoms with Crippen molar-refractivity contribution in [3.63, 3.8) is 0 Å². The van der Waals surface area contributed by atoms with Gasteiger partial charge in [-0.15, -0.1) is 0 Å². The van der Waals surface area contributed by atoms with Crippen LogP contribution in [0, 0.1) is 0 Å². The second-order valence-electron chi connectivity index (χ2n) is 9.32. The SMILES string of the molecule is O=C1CCCCN1CCCOc1ccc(CN2CCCC(O)(COc3ccccc3)C2)cc1. The summed E-state index contributed by atoms with van der Waals surface area (Å²) in [6, 6.07) is 17.9. The zero-order valence-electron chi connectivity index (χ0n) is 19.5. The fourth-order valence-corrected chi connectivity index (χ4v) is 4.69. The van der Waals surface area contributed by atoms with E-state index in [1.807, 2.05) is 47.4 Å². The van der Waals surface area contributed by atoms with E-state index >= 15 is 0 Å². The van der Waals surface area contributed by atoms with E-state index in [9.17, 15) is 9.90 Å². The first-order valence-corrected chi connectivity index (χ1v) is 12.2. The largest absolute Gasteiger partial charge is 0.494 e. The van der Waals surface area contributed by atoms with Crippen molar-refractivity contribution in [1.82, 2.24) is 9.80 Å². The normalized spacial score (nSPS) is 21.7. The van der Waals surface area contributed by atoms with Gasteiger partial charge < -0.3 is 19.5 Å². The number of piperidine rings is 2. The third-order valence-electron chi connectivity index (χ3n) is 6.48. The molecule has 4 rings (SSSR count). The molecule has 2 aromatic rings. The monoisotopic (exact) mass is 452 g/mol. The highest BCUT2D eigenvalue weighted by Gasteiger charge is 2.34. The number of para-hydroxylation sites is 1. The van der Waals surface area contributed by atoms with Crippen molar-refractivity contribution >= 4 is 5.91 Å². The number of β-amino-alcohol motifs (C(OH)–C–C–N with tert-alkyl or cyclic N) is 1. The highest BCUT2D eigenvalue weighted by molar-refractivity contribution is 5.76. The summed E-state index contributed by atoms with van der Waals surface area (Å²) < 4.78 is 11.7. The summed E-state index contributed by atoms with van der Waals surface area (Å²) in [6.45, 7) is 4.97. The summed E-state index contributed by atoms with van der Waals surface area (Å²) in [5.41, 5.74) is 0.377. The van der Waals surface area contributed by atoms with E-state index in [0.717, 1.165) is 69.8 Å². The van der Waals surface area contributed by atoms with Gasteiger partial charge in [-0.05, 0) is 68.5 Å². The molecule has 178 valence electrons.